The van der Waals surface area contributed by atoms with Gasteiger partial charge in [-0.1, -0.05) is 54.6 Å². The molecular formula is C25H30N2O4. The highest BCUT2D eigenvalue weighted by molar-refractivity contribution is 5.97. The van der Waals surface area contributed by atoms with Crippen molar-refractivity contribution in [1.29, 1.82) is 0 Å². The van der Waals surface area contributed by atoms with E-state index in [1.54, 1.807) is 4.90 Å². The molecule has 164 valence electrons. The molecule has 1 fully saturated rings. The zero-order chi connectivity index (χ0) is 21.6. The van der Waals surface area contributed by atoms with E-state index in [0.29, 0.717) is 32.5 Å². The average molecular weight is 423 g/mol. The van der Waals surface area contributed by atoms with Gasteiger partial charge >= 0.3 is 6.09 Å². The van der Waals surface area contributed by atoms with Crippen LogP contribution in [0.2, 0.25) is 0 Å². The lowest BCUT2D eigenvalue weighted by molar-refractivity contribution is 0.0232. The van der Waals surface area contributed by atoms with Crippen LogP contribution in [-0.4, -0.2) is 65.7 Å². The maximum Gasteiger partial charge on any atom is 0.409 e. The number of nitrogens with zero attached hydrogens (tertiary/aromatic N) is 2. The van der Waals surface area contributed by atoms with Crippen molar-refractivity contribution in [3.05, 3.63) is 71.3 Å². The number of benzene rings is 2. The van der Waals surface area contributed by atoms with Crippen LogP contribution in [-0.2, 0) is 17.7 Å². The highest BCUT2D eigenvalue weighted by Gasteiger charge is 2.29. The van der Waals surface area contributed by atoms with Gasteiger partial charge in [0.25, 0.3) is 0 Å². The van der Waals surface area contributed by atoms with E-state index in [9.17, 15) is 14.7 Å². The van der Waals surface area contributed by atoms with Gasteiger partial charge in [-0.15, -0.1) is 0 Å². The van der Waals surface area contributed by atoms with E-state index in [-0.39, 0.29) is 18.3 Å². The zero-order valence-electron chi connectivity index (χ0n) is 17.8. The highest BCUT2D eigenvalue weighted by Crippen LogP contribution is 2.22. The van der Waals surface area contributed by atoms with Crippen molar-refractivity contribution in [2.75, 3.05) is 32.8 Å². The van der Waals surface area contributed by atoms with Crippen LogP contribution in [0.5, 0.6) is 0 Å². The van der Waals surface area contributed by atoms with Crippen LogP contribution < -0.4 is 0 Å². The predicted octanol–water partition coefficient (Wildman–Crippen LogP) is 3.14. The summed E-state index contributed by atoms with van der Waals surface area (Å²) in [5.41, 5.74) is 3.40. The summed E-state index contributed by atoms with van der Waals surface area (Å²) >= 11 is 0. The molecule has 0 saturated carbocycles. The standard InChI is InChI=1S/C25H30N2O4/c28-23(17-26-13-10-19-6-4-5-9-22(19)16-26)18-31-25(30)27-14-11-21(12-15-27)24(29)20-7-2-1-3-8-20/h1-9,21,23,28H,10-18H2. The molecule has 0 aliphatic carbocycles. The fourth-order valence-corrected chi connectivity index (χ4v) is 4.48. The molecule has 6 nitrogen and oxygen atoms in total. The Morgan fingerprint density at radius 2 is 1.65 bits per heavy atom. The highest BCUT2D eigenvalue weighted by atomic mass is 16.6. The minimum absolute atomic E-state index is 0.0140. The molecule has 0 aromatic heterocycles. The first-order chi connectivity index (χ1) is 15.1. The molecule has 4 rings (SSSR count). The number of piperidine rings is 1. The van der Waals surface area contributed by atoms with Gasteiger partial charge in [-0.2, -0.15) is 0 Å². The molecule has 1 unspecified atom stereocenters. The van der Waals surface area contributed by atoms with Crippen molar-refractivity contribution in [3.63, 3.8) is 0 Å². The Morgan fingerprint density at radius 1 is 0.968 bits per heavy atom. The van der Waals surface area contributed by atoms with Gasteiger partial charge in [-0.25, -0.2) is 4.79 Å². The zero-order valence-corrected chi connectivity index (χ0v) is 17.8. The average Bonchev–Trinajstić information content (AvgIpc) is 2.82. The van der Waals surface area contributed by atoms with E-state index in [1.165, 1.54) is 11.1 Å². The smallest absolute Gasteiger partial charge is 0.409 e. The number of β-amino-alcohol motifs (C(OH)–C–C–N with tert-alkyl or cyclic N) is 1. The largest absolute Gasteiger partial charge is 0.447 e. The van der Waals surface area contributed by atoms with Crippen LogP contribution in [0.25, 0.3) is 0 Å². The van der Waals surface area contributed by atoms with E-state index in [1.807, 2.05) is 36.4 Å². The molecule has 2 aliphatic rings. The third-order valence-electron chi connectivity index (χ3n) is 6.26. The van der Waals surface area contributed by atoms with E-state index in [2.05, 4.69) is 23.1 Å². The lowest BCUT2D eigenvalue weighted by atomic mass is 9.89. The van der Waals surface area contributed by atoms with Crippen LogP contribution in [0.3, 0.4) is 0 Å². The maximum absolute atomic E-state index is 12.6. The lowest BCUT2D eigenvalue weighted by Crippen LogP contribution is -2.42. The number of amides is 1. The molecule has 0 bridgehead atoms. The molecule has 1 N–H and O–H groups in total. The first-order valence-corrected chi connectivity index (χ1v) is 11.1. The number of carbonyl (C=O) groups excluding carboxylic acids is 2. The van der Waals surface area contributed by atoms with Crippen molar-refractivity contribution in [3.8, 4) is 0 Å². The number of aliphatic hydroxyl groups is 1. The summed E-state index contributed by atoms with van der Waals surface area (Å²) in [6.45, 7) is 3.17. The quantitative estimate of drug-likeness (QED) is 0.725. The summed E-state index contributed by atoms with van der Waals surface area (Å²) in [5.74, 6) is 0.0890. The first kappa shape index (κ1) is 21.5. The number of likely N-dealkylation sites (tertiary alicyclic amines) is 1. The summed E-state index contributed by atoms with van der Waals surface area (Å²) in [6.07, 6.45) is 1.12. The number of ether oxygens (including phenoxy) is 1. The molecule has 1 amide bonds. The van der Waals surface area contributed by atoms with Gasteiger partial charge < -0.3 is 14.7 Å². The Hall–Kier alpha value is -2.70. The van der Waals surface area contributed by atoms with Crippen molar-refractivity contribution in [2.45, 2.75) is 31.9 Å². The number of ketones is 1. The van der Waals surface area contributed by atoms with Crippen molar-refractivity contribution >= 4 is 11.9 Å². The van der Waals surface area contributed by atoms with Crippen molar-refractivity contribution in [1.82, 2.24) is 9.80 Å². The second-order valence-electron chi connectivity index (χ2n) is 8.48. The Balaban J connectivity index is 1.18. The van der Waals surface area contributed by atoms with Gasteiger partial charge in [0.1, 0.15) is 12.7 Å². The van der Waals surface area contributed by atoms with E-state index in [0.717, 1.165) is 25.1 Å². The third kappa shape index (κ3) is 5.51. The van der Waals surface area contributed by atoms with Crippen LogP contribution >= 0.6 is 0 Å². The number of hydrogen-bond donors (Lipinski definition) is 1. The molecule has 2 aliphatic heterocycles. The maximum atomic E-state index is 12.6. The number of carbonyl (C=O) groups is 2. The molecule has 2 aromatic carbocycles. The first-order valence-electron chi connectivity index (χ1n) is 11.1. The fraction of sp³-hybridized carbons (Fsp3) is 0.440. The summed E-state index contributed by atoms with van der Waals surface area (Å²) in [6, 6.07) is 17.7. The second-order valence-corrected chi connectivity index (χ2v) is 8.48. The van der Waals surface area contributed by atoms with E-state index in [4.69, 9.17) is 4.74 Å². The molecule has 0 spiro atoms. The Labute approximate surface area is 183 Å². The molecule has 2 aromatic rings. The molecule has 1 saturated heterocycles. The van der Waals surface area contributed by atoms with Gasteiger partial charge in [0, 0.05) is 44.2 Å². The Morgan fingerprint density at radius 3 is 2.39 bits per heavy atom. The molecule has 0 radical (unpaired) electrons. The van der Waals surface area contributed by atoms with Crippen LogP contribution in [0, 0.1) is 5.92 Å². The molecule has 2 heterocycles. The molecule has 1 atom stereocenters. The Kier molecular flexibility index (Phi) is 6.99. The minimum Gasteiger partial charge on any atom is -0.447 e. The molecular weight excluding hydrogens is 392 g/mol. The monoisotopic (exact) mass is 422 g/mol. The lowest BCUT2D eigenvalue weighted by Gasteiger charge is -2.32. The fourth-order valence-electron chi connectivity index (χ4n) is 4.48. The number of rotatable bonds is 6. The summed E-state index contributed by atoms with van der Waals surface area (Å²) < 4.78 is 5.36. The van der Waals surface area contributed by atoms with E-state index < -0.39 is 12.2 Å². The second kappa shape index (κ2) is 10.1. The minimum atomic E-state index is -0.716. The van der Waals surface area contributed by atoms with Gasteiger partial charge in [0.15, 0.2) is 5.78 Å². The predicted molar refractivity (Wildman–Crippen MR) is 118 cm³/mol. The summed E-state index contributed by atoms with van der Waals surface area (Å²) in [4.78, 5) is 28.8. The number of fused-ring (bicyclic) bond motifs is 1. The SMILES string of the molecule is O=C(c1ccccc1)C1CCN(C(=O)OCC(O)CN2CCc3ccccc3C2)CC1. The van der Waals surface area contributed by atoms with Crippen LogP contribution in [0.1, 0.15) is 34.3 Å². The summed E-state index contributed by atoms with van der Waals surface area (Å²) in [5, 5.41) is 10.4. The van der Waals surface area contributed by atoms with Gasteiger partial charge in [0.05, 0.1) is 0 Å². The third-order valence-corrected chi connectivity index (χ3v) is 6.26. The van der Waals surface area contributed by atoms with Gasteiger partial charge in [-0.3, -0.25) is 9.69 Å². The van der Waals surface area contributed by atoms with Crippen LogP contribution in [0.15, 0.2) is 54.6 Å². The topological polar surface area (TPSA) is 70.1 Å². The number of Topliss-reactive ketones (excluding diaryl/α,β-unsaturated/α-hetero) is 1. The van der Waals surface area contributed by atoms with Gasteiger partial charge in [0.2, 0.25) is 0 Å². The normalized spacial score (nSPS) is 18.3. The van der Waals surface area contributed by atoms with E-state index >= 15 is 0 Å². The number of hydrogen-bond acceptors (Lipinski definition) is 5. The molecule has 31 heavy (non-hydrogen) atoms. The van der Waals surface area contributed by atoms with Crippen molar-refractivity contribution < 1.29 is 19.4 Å². The van der Waals surface area contributed by atoms with Crippen molar-refractivity contribution in [2.24, 2.45) is 5.92 Å². The number of aliphatic hydroxyl groups excluding tert-OH is 1. The summed E-state index contributed by atoms with van der Waals surface area (Å²) in [7, 11) is 0. The van der Waals surface area contributed by atoms with Crippen LogP contribution in [0.4, 0.5) is 4.79 Å². The Bertz CT molecular complexity index is 893. The molecule has 6 heteroatoms. The van der Waals surface area contributed by atoms with Gasteiger partial charge in [-0.05, 0) is 30.4 Å².